The maximum Gasteiger partial charge on any atom is 0.271 e. The number of rotatable bonds is 4. The van der Waals surface area contributed by atoms with Crippen LogP contribution >= 0.6 is 0 Å². The van der Waals surface area contributed by atoms with Crippen molar-refractivity contribution >= 4 is 21.4 Å². The van der Waals surface area contributed by atoms with Gasteiger partial charge in [0.25, 0.3) is 15.7 Å². The SMILES string of the molecule is Cc1cc([N+](=O)[O-])cc(S(=O)(=O)Nc2ccccc2F)c1C. The summed E-state index contributed by atoms with van der Waals surface area (Å²) in [6, 6.07) is 7.54. The molecule has 22 heavy (non-hydrogen) atoms. The van der Waals surface area contributed by atoms with E-state index in [1.54, 1.807) is 6.92 Å². The summed E-state index contributed by atoms with van der Waals surface area (Å²) in [5, 5.41) is 10.9. The Hall–Kier alpha value is -2.48. The van der Waals surface area contributed by atoms with E-state index in [4.69, 9.17) is 0 Å². The van der Waals surface area contributed by atoms with Gasteiger partial charge in [-0.3, -0.25) is 14.8 Å². The number of benzene rings is 2. The lowest BCUT2D eigenvalue weighted by molar-refractivity contribution is -0.385. The molecular weight excluding hydrogens is 311 g/mol. The van der Waals surface area contributed by atoms with E-state index in [1.165, 1.54) is 31.2 Å². The number of halogens is 1. The van der Waals surface area contributed by atoms with Gasteiger partial charge in [0, 0.05) is 12.1 Å². The number of nitrogens with one attached hydrogen (secondary N) is 1. The van der Waals surface area contributed by atoms with Crippen molar-refractivity contribution in [3.05, 3.63) is 63.5 Å². The fraction of sp³-hybridized carbons (Fsp3) is 0.143. The van der Waals surface area contributed by atoms with E-state index in [1.807, 2.05) is 0 Å². The summed E-state index contributed by atoms with van der Waals surface area (Å²) in [6.45, 7) is 3.11. The van der Waals surface area contributed by atoms with E-state index < -0.39 is 20.8 Å². The highest BCUT2D eigenvalue weighted by molar-refractivity contribution is 7.92. The van der Waals surface area contributed by atoms with Crippen LogP contribution in [0.4, 0.5) is 15.8 Å². The number of nitro groups is 1. The van der Waals surface area contributed by atoms with Crippen molar-refractivity contribution in [1.82, 2.24) is 0 Å². The predicted octanol–water partition coefficient (Wildman–Crippen LogP) is 3.15. The van der Waals surface area contributed by atoms with Gasteiger partial charge in [-0.15, -0.1) is 0 Å². The Bertz CT molecular complexity index is 850. The summed E-state index contributed by atoms with van der Waals surface area (Å²) < 4.78 is 40.5. The van der Waals surface area contributed by atoms with Crippen LogP contribution in [0.5, 0.6) is 0 Å². The number of nitro benzene ring substituents is 1. The van der Waals surface area contributed by atoms with Crippen LogP contribution in [-0.2, 0) is 10.0 Å². The Balaban J connectivity index is 2.54. The molecule has 0 atom stereocenters. The Labute approximate surface area is 126 Å². The molecule has 6 nitrogen and oxygen atoms in total. The Morgan fingerprint density at radius 3 is 2.41 bits per heavy atom. The average molecular weight is 324 g/mol. The van der Waals surface area contributed by atoms with Gasteiger partial charge < -0.3 is 0 Å². The van der Waals surface area contributed by atoms with Crippen LogP contribution in [0.1, 0.15) is 11.1 Å². The molecule has 0 saturated carbocycles. The van der Waals surface area contributed by atoms with E-state index >= 15 is 0 Å². The first-order valence-electron chi connectivity index (χ1n) is 6.25. The highest BCUT2D eigenvalue weighted by atomic mass is 32.2. The fourth-order valence-corrected chi connectivity index (χ4v) is 3.34. The van der Waals surface area contributed by atoms with Gasteiger partial charge in [0.1, 0.15) is 5.82 Å². The minimum atomic E-state index is -4.14. The first-order chi connectivity index (χ1) is 10.2. The van der Waals surface area contributed by atoms with Gasteiger partial charge in [0.15, 0.2) is 0 Å². The summed E-state index contributed by atoms with van der Waals surface area (Å²) >= 11 is 0. The number of hydrogen-bond acceptors (Lipinski definition) is 4. The van der Waals surface area contributed by atoms with Crippen molar-refractivity contribution in [2.24, 2.45) is 0 Å². The summed E-state index contributed by atoms with van der Waals surface area (Å²) in [6.07, 6.45) is 0. The molecule has 116 valence electrons. The smallest absolute Gasteiger partial charge is 0.271 e. The summed E-state index contributed by atoms with van der Waals surface area (Å²) in [4.78, 5) is 9.97. The number of para-hydroxylation sites is 1. The van der Waals surface area contributed by atoms with E-state index in [0.29, 0.717) is 11.1 Å². The molecule has 0 aliphatic heterocycles. The molecule has 0 fully saturated rings. The van der Waals surface area contributed by atoms with Gasteiger partial charge >= 0.3 is 0 Å². The van der Waals surface area contributed by atoms with E-state index in [-0.39, 0.29) is 16.3 Å². The van der Waals surface area contributed by atoms with Crippen molar-refractivity contribution in [2.45, 2.75) is 18.7 Å². The van der Waals surface area contributed by atoms with Crippen molar-refractivity contribution < 1.29 is 17.7 Å². The third-order valence-electron chi connectivity index (χ3n) is 3.22. The molecular formula is C14H13FN2O4S. The second kappa shape index (κ2) is 5.72. The minimum absolute atomic E-state index is 0.217. The Morgan fingerprint density at radius 2 is 1.82 bits per heavy atom. The monoisotopic (exact) mass is 324 g/mol. The number of anilines is 1. The Kier molecular flexibility index (Phi) is 4.14. The highest BCUT2D eigenvalue weighted by Crippen LogP contribution is 2.27. The maximum absolute atomic E-state index is 13.6. The summed E-state index contributed by atoms with van der Waals surface area (Å²) in [7, 11) is -4.14. The molecule has 0 bridgehead atoms. The molecule has 0 unspecified atom stereocenters. The van der Waals surface area contributed by atoms with Gasteiger partial charge in [-0.2, -0.15) is 0 Å². The van der Waals surface area contributed by atoms with Crippen LogP contribution in [0.2, 0.25) is 0 Å². The molecule has 0 heterocycles. The number of hydrogen-bond donors (Lipinski definition) is 1. The lowest BCUT2D eigenvalue weighted by Crippen LogP contribution is -2.16. The standard InChI is InChI=1S/C14H13FN2O4S/c1-9-7-11(17(18)19)8-14(10(9)2)22(20,21)16-13-6-4-3-5-12(13)15/h3-8,16H,1-2H3. The minimum Gasteiger partial charge on any atom is -0.277 e. The first-order valence-corrected chi connectivity index (χ1v) is 7.73. The maximum atomic E-state index is 13.6. The molecule has 0 spiro atoms. The van der Waals surface area contributed by atoms with E-state index in [9.17, 15) is 22.9 Å². The third-order valence-corrected chi connectivity index (χ3v) is 4.71. The number of non-ortho nitro benzene ring substituents is 1. The van der Waals surface area contributed by atoms with Crippen LogP contribution in [0.25, 0.3) is 0 Å². The van der Waals surface area contributed by atoms with Crippen LogP contribution in [-0.4, -0.2) is 13.3 Å². The zero-order valence-corrected chi connectivity index (χ0v) is 12.6. The van der Waals surface area contributed by atoms with Gasteiger partial charge in [0.2, 0.25) is 0 Å². The molecule has 0 saturated heterocycles. The van der Waals surface area contributed by atoms with Gasteiger partial charge in [-0.05, 0) is 37.1 Å². The topological polar surface area (TPSA) is 89.3 Å². The third kappa shape index (κ3) is 3.06. The van der Waals surface area contributed by atoms with Crippen LogP contribution in [0.3, 0.4) is 0 Å². The second-order valence-electron chi connectivity index (χ2n) is 4.73. The summed E-state index contributed by atoms with van der Waals surface area (Å²) in [5.41, 5.74) is 0.278. The molecule has 2 aromatic rings. The highest BCUT2D eigenvalue weighted by Gasteiger charge is 2.23. The molecule has 0 aromatic heterocycles. The van der Waals surface area contributed by atoms with Crippen molar-refractivity contribution in [3.63, 3.8) is 0 Å². The van der Waals surface area contributed by atoms with Crippen molar-refractivity contribution in [1.29, 1.82) is 0 Å². The van der Waals surface area contributed by atoms with Crippen molar-refractivity contribution in [2.75, 3.05) is 4.72 Å². The number of aryl methyl sites for hydroxylation is 1. The molecule has 0 aliphatic carbocycles. The molecule has 0 aliphatic rings. The molecule has 0 amide bonds. The zero-order chi connectivity index (χ0) is 16.5. The summed E-state index contributed by atoms with van der Waals surface area (Å²) in [5.74, 6) is -0.731. The normalized spacial score (nSPS) is 11.2. The molecule has 0 radical (unpaired) electrons. The second-order valence-corrected chi connectivity index (χ2v) is 6.38. The van der Waals surface area contributed by atoms with Crippen LogP contribution in [0, 0.1) is 29.8 Å². The molecule has 2 aromatic carbocycles. The van der Waals surface area contributed by atoms with E-state index in [2.05, 4.69) is 4.72 Å². The van der Waals surface area contributed by atoms with Gasteiger partial charge in [0.05, 0.1) is 15.5 Å². The largest absolute Gasteiger partial charge is 0.277 e. The lowest BCUT2D eigenvalue weighted by atomic mass is 10.1. The average Bonchev–Trinajstić information content (AvgIpc) is 2.43. The zero-order valence-electron chi connectivity index (χ0n) is 11.8. The number of nitrogens with zero attached hydrogens (tertiary/aromatic N) is 1. The fourth-order valence-electron chi connectivity index (χ4n) is 1.94. The predicted molar refractivity (Wildman–Crippen MR) is 79.8 cm³/mol. The van der Waals surface area contributed by atoms with Gasteiger partial charge in [-0.1, -0.05) is 12.1 Å². The van der Waals surface area contributed by atoms with E-state index in [0.717, 1.165) is 12.1 Å². The first kappa shape index (κ1) is 15.9. The lowest BCUT2D eigenvalue weighted by Gasteiger charge is -2.12. The molecule has 2 rings (SSSR count). The Morgan fingerprint density at radius 1 is 1.18 bits per heavy atom. The quantitative estimate of drug-likeness (QED) is 0.691. The molecule has 8 heteroatoms. The number of sulfonamides is 1. The van der Waals surface area contributed by atoms with Crippen LogP contribution in [0.15, 0.2) is 41.3 Å². The van der Waals surface area contributed by atoms with Crippen LogP contribution < -0.4 is 4.72 Å². The van der Waals surface area contributed by atoms with Crippen molar-refractivity contribution in [3.8, 4) is 0 Å². The van der Waals surface area contributed by atoms with Gasteiger partial charge in [-0.25, -0.2) is 12.8 Å². The molecule has 1 N–H and O–H groups in total.